The van der Waals surface area contributed by atoms with Crippen molar-refractivity contribution in [2.24, 2.45) is 0 Å². The number of rotatable bonds is 2. The van der Waals surface area contributed by atoms with E-state index in [0.29, 0.717) is 23.2 Å². The number of nitrogens with one attached hydrogen (secondary N) is 2. The topological polar surface area (TPSA) is 116 Å². The van der Waals surface area contributed by atoms with Crippen molar-refractivity contribution in [1.82, 2.24) is 30.1 Å². The van der Waals surface area contributed by atoms with Gasteiger partial charge in [0.15, 0.2) is 17.5 Å². The first-order chi connectivity index (χ1) is 12.8. The third kappa shape index (κ3) is 2.34. The zero-order valence-corrected chi connectivity index (χ0v) is 13.7. The summed E-state index contributed by atoms with van der Waals surface area (Å²) < 4.78 is 0. The Kier molecular flexibility index (Phi) is 3.27. The first-order valence-corrected chi connectivity index (χ1v) is 8.28. The van der Waals surface area contributed by atoms with Gasteiger partial charge in [-0.25, -0.2) is 19.7 Å². The maximum Gasteiger partial charge on any atom is 0.329 e. The van der Waals surface area contributed by atoms with E-state index in [-0.39, 0.29) is 12.1 Å². The zero-order valence-electron chi connectivity index (χ0n) is 13.7. The number of carbonyl (C=O) groups excluding carboxylic acids is 1. The van der Waals surface area contributed by atoms with E-state index in [0.717, 1.165) is 25.2 Å². The monoisotopic (exact) mass is 349 g/mol. The molecule has 3 aromatic heterocycles. The van der Waals surface area contributed by atoms with Gasteiger partial charge in [0.1, 0.15) is 12.0 Å². The van der Waals surface area contributed by atoms with Gasteiger partial charge in [-0.05, 0) is 18.6 Å². The Morgan fingerprint density at radius 3 is 3.04 bits per heavy atom. The second-order valence-electron chi connectivity index (χ2n) is 6.14. The molecule has 10 nitrogen and oxygen atoms in total. The molecule has 1 saturated heterocycles. The van der Waals surface area contributed by atoms with E-state index >= 15 is 0 Å². The number of carbonyl (C=O) groups is 1. The first kappa shape index (κ1) is 14.8. The van der Waals surface area contributed by atoms with Gasteiger partial charge in [-0.3, -0.25) is 20.3 Å². The Morgan fingerprint density at radius 1 is 1.27 bits per heavy atom. The van der Waals surface area contributed by atoms with Gasteiger partial charge in [0.25, 0.3) is 0 Å². The molecule has 5 heterocycles. The highest BCUT2D eigenvalue weighted by atomic mass is 16.2. The molecule has 0 radical (unpaired) electrons. The molecule has 0 unspecified atom stereocenters. The van der Waals surface area contributed by atoms with Gasteiger partial charge in [-0.1, -0.05) is 0 Å². The van der Waals surface area contributed by atoms with Crippen LogP contribution in [0.15, 0.2) is 37.1 Å². The van der Waals surface area contributed by atoms with Gasteiger partial charge < -0.3 is 4.90 Å². The number of H-pyrrole nitrogens is 1. The van der Waals surface area contributed by atoms with Crippen molar-refractivity contribution in [2.45, 2.75) is 12.5 Å². The number of amides is 2. The lowest BCUT2D eigenvalue weighted by atomic mass is 10.1. The fourth-order valence-corrected chi connectivity index (χ4v) is 3.46. The van der Waals surface area contributed by atoms with Crippen LogP contribution in [0.3, 0.4) is 0 Å². The number of anilines is 3. The van der Waals surface area contributed by atoms with Crippen LogP contribution < -0.4 is 15.1 Å². The van der Waals surface area contributed by atoms with Crippen LogP contribution in [-0.4, -0.2) is 55.3 Å². The summed E-state index contributed by atoms with van der Waals surface area (Å²) in [4.78, 5) is 33.9. The minimum absolute atomic E-state index is 0.0639. The summed E-state index contributed by atoms with van der Waals surface area (Å²) in [7, 11) is 0. The summed E-state index contributed by atoms with van der Waals surface area (Å²) in [5.41, 5.74) is 1.55. The average Bonchev–Trinajstić information content (AvgIpc) is 3.33. The third-order valence-electron chi connectivity index (χ3n) is 4.61. The summed E-state index contributed by atoms with van der Waals surface area (Å²) in [6, 6.07) is 3.64. The van der Waals surface area contributed by atoms with Crippen molar-refractivity contribution in [3.8, 4) is 11.5 Å². The Hall–Kier alpha value is -3.56. The lowest BCUT2D eigenvalue weighted by molar-refractivity contribution is 0.254. The summed E-state index contributed by atoms with van der Waals surface area (Å²) in [6.07, 6.45) is 7.01. The fourth-order valence-electron chi connectivity index (χ4n) is 3.46. The number of aromatic nitrogens is 6. The van der Waals surface area contributed by atoms with Crippen LogP contribution in [0.2, 0.25) is 0 Å². The number of hydrogen-bond donors (Lipinski definition) is 2. The van der Waals surface area contributed by atoms with E-state index in [9.17, 15) is 4.79 Å². The Bertz CT molecular complexity index is 944. The summed E-state index contributed by atoms with van der Waals surface area (Å²) in [5, 5.41) is 9.57. The standard InChI is InChI=1S/C16H15N9O/c26-16(22-13-7-17-4-5-18-13)25-10-3-6-24(8-10)12-2-1-11(21-15(12)25)14-19-9-20-23-14/h1-2,4-5,7,9-10H,3,6,8H2,(H,18,22,26)(H,19,20,23)/t10-/m0/s1. The molecule has 0 aromatic carbocycles. The lowest BCUT2D eigenvalue weighted by Gasteiger charge is -2.35. The fraction of sp³-hybridized carbons (Fsp3) is 0.250. The van der Waals surface area contributed by atoms with Crippen LogP contribution in [0.25, 0.3) is 11.5 Å². The molecule has 26 heavy (non-hydrogen) atoms. The van der Waals surface area contributed by atoms with Gasteiger partial charge in [0.05, 0.1) is 17.9 Å². The molecular formula is C16H15N9O. The predicted octanol–water partition coefficient (Wildman–Crippen LogP) is 1.29. The third-order valence-corrected chi connectivity index (χ3v) is 4.61. The van der Waals surface area contributed by atoms with Crippen molar-refractivity contribution < 1.29 is 4.79 Å². The number of urea groups is 1. The van der Waals surface area contributed by atoms with Crippen molar-refractivity contribution >= 4 is 23.4 Å². The highest BCUT2D eigenvalue weighted by Crippen LogP contribution is 2.39. The van der Waals surface area contributed by atoms with Crippen molar-refractivity contribution in [3.63, 3.8) is 0 Å². The zero-order chi connectivity index (χ0) is 17.5. The van der Waals surface area contributed by atoms with E-state index in [1.807, 2.05) is 12.1 Å². The number of pyridine rings is 1. The molecule has 2 aliphatic heterocycles. The second kappa shape index (κ2) is 5.76. The van der Waals surface area contributed by atoms with Gasteiger partial charge in [-0.2, -0.15) is 5.10 Å². The van der Waals surface area contributed by atoms with Gasteiger partial charge in [0, 0.05) is 25.5 Å². The van der Waals surface area contributed by atoms with E-state index in [1.165, 1.54) is 18.7 Å². The quantitative estimate of drug-likeness (QED) is 0.716. The minimum atomic E-state index is -0.266. The van der Waals surface area contributed by atoms with Crippen LogP contribution in [0, 0.1) is 0 Å². The molecule has 3 aromatic rings. The molecule has 0 aliphatic carbocycles. The maximum atomic E-state index is 13.0. The lowest BCUT2D eigenvalue weighted by Crippen LogP contribution is -2.48. The Balaban J connectivity index is 1.54. The van der Waals surface area contributed by atoms with Gasteiger partial charge in [0.2, 0.25) is 0 Å². The smallest absolute Gasteiger partial charge is 0.329 e. The van der Waals surface area contributed by atoms with Crippen LogP contribution in [0.4, 0.5) is 22.1 Å². The molecule has 0 saturated carbocycles. The van der Waals surface area contributed by atoms with Crippen LogP contribution >= 0.6 is 0 Å². The number of aromatic amines is 1. The molecule has 0 spiro atoms. The van der Waals surface area contributed by atoms with Gasteiger partial charge in [-0.15, -0.1) is 0 Å². The molecule has 5 rings (SSSR count). The van der Waals surface area contributed by atoms with Crippen LogP contribution in [0.5, 0.6) is 0 Å². The highest BCUT2D eigenvalue weighted by Gasteiger charge is 2.40. The summed E-state index contributed by atoms with van der Waals surface area (Å²) in [5.74, 6) is 1.52. The van der Waals surface area contributed by atoms with Crippen LogP contribution in [0.1, 0.15) is 6.42 Å². The molecular weight excluding hydrogens is 334 g/mol. The first-order valence-electron chi connectivity index (χ1n) is 8.28. The summed E-state index contributed by atoms with van der Waals surface area (Å²) in [6.45, 7) is 1.69. The van der Waals surface area contributed by atoms with Gasteiger partial charge >= 0.3 is 6.03 Å². The van der Waals surface area contributed by atoms with E-state index in [1.54, 1.807) is 11.1 Å². The normalized spacial score (nSPS) is 17.9. The van der Waals surface area contributed by atoms with Crippen molar-refractivity contribution in [3.05, 3.63) is 37.1 Å². The van der Waals surface area contributed by atoms with Crippen LogP contribution in [-0.2, 0) is 0 Å². The Labute approximate surface area is 148 Å². The molecule has 2 N–H and O–H groups in total. The van der Waals surface area contributed by atoms with Crippen molar-refractivity contribution in [1.29, 1.82) is 0 Å². The Morgan fingerprint density at radius 2 is 2.23 bits per heavy atom. The molecule has 10 heteroatoms. The predicted molar refractivity (Wildman–Crippen MR) is 93.8 cm³/mol. The number of nitrogens with zero attached hydrogens (tertiary/aromatic N) is 7. The largest absolute Gasteiger partial charge is 0.366 e. The average molecular weight is 349 g/mol. The highest BCUT2D eigenvalue weighted by molar-refractivity contribution is 6.04. The number of hydrogen-bond acceptors (Lipinski definition) is 7. The molecule has 1 atom stereocenters. The van der Waals surface area contributed by atoms with E-state index < -0.39 is 0 Å². The molecule has 1 fully saturated rings. The van der Waals surface area contributed by atoms with E-state index in [2.05, 4.69) is 40.3 Å². The summed E-state index contributed by atoms with van der Waals surface area (Å²) >= 11 is 0. The van der Waals surface area contributed by atoms with E-state index in [4.69, 9.17) is 0 Å². The number of fused-ring (bicyclic) bond motifs is 4. The minimum Gasteiger partial charge on any atom is -0.366 e. The van der Waals surface area contributed by atoms with Crippen molar-refractivity contribution in [2.75, 3.05) is 28.2 Å². The SMILES string of the molecule is O=C(Nc1cnccn1)N1c2nc(-c3nc[nH]n3)ccc2N2CC[C@H]1C2. The molecule has 2 bridgehead atoms. The maximum absolute atomic E-state index is 13.0. The molecule has 2 amide bonds. The molecule has 2 aliphatic rings. The second-order valence-corrected chi connectivity index (χ2v) is 6.14. The molecule has 130 valence electrons.